The van der Waals surface area contributed by atoms with Gasteiger partial charge in [-0.2, -0.15) is 4.31 Å². The van der Waals surface area contributed by atoms with E-state index in [1.54, 1.807) is 0 Å². The molecule has 0 N–H and O–H groups in total. The molecule has 1 aromatic heterocycles. The highest BCUT2D eigenvalue weighted by Gasteiger charge is 2.36. The minimum Gasteiger partial charge on any atom is -0.340 e. The van der Waals surface area contributed by atoms with Crippen LogP contribution in [0.3, 0.4) is 0 Å². The molecule has 3 aliphatic rings. The van der Waals surface area contributed by atoms with Crippen molar-refractivity contribution in [2.75, 3.05) is 58.6 Å². The van der Waals surface area contributed by atoms with Crippen molar-refractivity contribution in [1.82, 2.24) is 24.0 Å². The topological polar surface area (TPSA) is 94.1 Å². The van der Waals surface area contributed by atoms with Gasteiger partial charge in [-0.1, -0.05) is 60.7 Å². The van der Waals surface area contributed by atoms with E-state index >= 15 is 0 Å². The minimum atomic E-state index is -3.23. The number of piperidine rings is 2. The Hall–Kier alpha value is -3.60. The molecule has 2 aromatic carbocycles. The van der Waals surface area contributed by atoms with E-state index < -0.39 is 10.0 Å². The summed E-state index contributed by atoms with van der Waals surface area (Å²) in [4.78, 5) is 38.4. The molecule has 0 bridgehead atoms. The van der Waals surface area contributed by atoms with Gasteiger partial charge in [-0.3, -0.25) is 14.5 Å². The van der Waals surface area contributed by atoms with E-state index in [0.717, 1.165) is 61.3 Å². The van der Waals surface area contributed by atoms with E-state index in [1.165, 1.54) is 10.6 Å². The summed E-state index contributed by atoms with van der Waals surface area (Å²) in [6, 6.07) is 24.1. The van der Waals surface area contributed by atoms with E-state index in [-0.39, 0.29) is 17.7 Å². The molecule has 10 heteroatoms. The lowest BCUT2D eigenvalue weighted by molar-refractivity contribution is -0.139. The fraction of sp³-hybridized carbons (Fsp3) is 0.441. The van der Waals surface area contributed by atoms with Crippen LogP contribution in [0.25, 0.3) is 22.5 Å². The summed E-state index contributed by atoms with van der Waals surface area (Å²) >= 11 is 0. The van der Waals surface area contributed by atoms with Crippen molar-refractivity contribution in [3.8, 4) is 22.5 Å². The van der Waals surface area contributed by atoms with Crippen LogP contribution in [0.1, 0.15) is 36.0 Å². The van der Waals surface area contributed by atoms with E-state index in [4.69, 9.17) is 4.98 Å². The molecule has 0 saturated carbocycles. The molecule has 44 heavy (non-hydrogen) atoms. The quantitative estimate of drug-likeness (QED) is 0.419. The predicted molar refractivity (Wildman–Crippen MR) is 171 cm³/mol. The molecule has 0 unspecified atom stereocenters. The Balaban J connectivity index is 1.09. The molecule has 0 aliphatic carbocycles. The second kappa shape index (κ2) is 13.2. The zero-order valence-corrected chi connectivity index (χ0v) is 26.2. The third-order valence-electron chi connectivity index (χ3n) is 9.30. The molecule has 0 radical (unpaired) electrons. The summed E-state index contributed by atoms with van der Waals surface area (Å²) in [7, 11) is -3.23. The number of sulfonamides is 1. The monoisotopic (exact) mass is 615 g/mol. The van der Waals surface area contributed by atoms with E-state index in [1.807, 2.05) is 82.6 Å². The lowest BCUT2D eigenvalue weighted by Crippen LogP contribution is -2.55. The van der Waals surface area contributed by atoms with Crippen molar-refractivity contribution in [3.05, 3.63) is 78.4 Å². The lowest BCUT2D eigenvalue weighted by atomic mass is 9.92. The van der Waals surface area contributed by atoms with Gasteiger partial charge in [0, 0.05) is 68.5 Å². The molecule has 1 atom stereocenters. The summed E-state index contributed by atoms with van der Waals surface area (Å²) in [5.41, 5.74) is 4.17. The Morgan fingerprint density at radius 2 is 1.30 bits per heavy atom. The first-order chi connectivity index (χ1) is 21.3. The van der Waals surface area contributed by atoms with Crippen molar-refractivity contribution in [1.29, 1.82) is 0 Å². The molecule has 3 aliphatic heterocycles. The van der Waals surface area contributed by atoms with Gasteiger partial charge in [0.1, 0.15) is 0 Å². The van der Waals surface area contributed by atoms with Gasteiger partial charge in [-0.05, 0) is 44.4 Å². The number of amides is 2. The summed E-state index contributed by atoms with van der Waals surface area (Å²) in [6.07, 6.45) is 4.82. The summed E-state index contributed by atoms with van der Waals surface area (Å²) in [5, 5.41) is 0. The number of benzene rings is 2. The minimum absolute atomic E-state index is 0.0279. The van der Waals surface area contributed by atoms with Crippen LogP contribution in [-0.2, 0) is 14.8 Å². The van der Waals surface area contributed by atoms with Crippen LogP contribution in [0.2, 0.25) is 0 Å². The Morgan fingerprint density at radius 1 is 0.727 bits per heavy atom. The molecule has 4 heterocycles. The van der Waals surface area contributed by atoms with Gasteiger partial charge in [0.25, 0.3) is 5.91 Å². The molecule has 3 fully saturated rings. The highest BCUT2D eigenvalue weighted by molar-refractivity contribution is 7.88. The zero-order valence-electron chi connectivity index (χ0n) is 25.3. The standard InChI is InChI=1S/C34H41N5O4S/c1-44(42,43)39-21-19-37(20-22-39)33(40)28-13-8-16-38(25-28)30-14-17-36(18-15-30)34(41)29-23-31(26-9-4-2-5-10-26)35-32(24-29)27-11-6-3-7-12-27/h2-7,9-12,23-24,28,30H,8,13-22,25H2,1H3/t28-/m1/s1. The van der Waals surface area contributed by atoms with Crippen LogP contribution in [0.4, 0.5) is 0 Å². The van der Waals surface area contributed by atoms with Crippen molar-refractivity contribution < 1.29 is 18.0 Å². The summed E-state index contributed by atoms with van der Waals surface area (Å²) in [6.45, 7) is 4.69. The average Bonchev–Trinajstić information content (AvgIpc) is 3.08. The van der Waals surface area contributed by atoms with Gasteiger partial charge in [-0.15, -0.1) is 0 Å². The molecule has 9 nitrogen and oxygen atoms in total. The van der Waals surface area contributed by atoms with Gasteiger partial charge in [0.2, 0.25) is 15.9 Å². The van der Waals surface area contributed by atoms with Crippen LogP contribution < -0.4 is 0 Å². The lowest BCUT2D eigenvalue weighted by Gasteiger charge is -2.43. The van der Waals surface area contributed by atoms with Crippen molar-refractivity contribution in [2.24, 2.45) is 5.92 Å². The number of piperazine rings is 1. The van der Waals surface area contributed by atoms with Gasteiger partial charge in [0.15, 0.2) is 0 Å². The second-order valence-electron chi connectivity index (χ2n) is 12.2. The van der Waals surface area contributed by atoms with Gasteiger partial charge in [0.05, 0.1) is 23.6 Å². The number of hydrogen-bond acceptors (Lipinski definition) is 6. The van der Waals surface area contributed by atoms with Crippen LogP contribution in [-0.4, -0.2) is 109 Å². The predicted octanol–water partition coefficient (Wildman–Crippen LogP) is 3.84. The number of aromatic nitrogens is 1. The van der Waals surface area contributed by atoms with Crippen LogP contribution >= 0.6 is 0 Å². The highest BCUT2D eigenvalue weighted by atomic mass is 32.2. The Labute approximate surface area is 260 Å². The number of pyridine rings is 1. The highest BCUT2D eigenvalue weighted by Crippen LogP contribution is 2.29. The molecule has 0 spiro atoms. The largest absolute Gasteiger partial charge is 0.340 e. The maximum atomic E-state index is 13.8. The number of nitrogens with zero attached hydrogens (tertiary/aromatic N) is 5. The number of rotatable bonds is 6. The summed E-state index contributed by atoms with van der Waals surface area (Å²) in [5.74, 6) is 0.120. The van der Waals surface area contributed by atoms with Gasteiger partial charge < -0.3 is 9.80 Å². The zero-order chi connectivity index (χ0) is 30.7. The van der Waals surface area contributed by atoms with Crippen LogP contribution in [0.5, 0.6) is 0 Å². The first kappa shape index (κ1) is 30.4. The van der Waals surface area contributed by atoms with Crippen LogP contribution in [0, 0.1) is 5.92 Å². The first-order valence-electron chi connectivity index (χ1n) is 15.7. The number of likely N-dealkylation sites (tertiary alicyclic amines) is 2. The number of hydrogen-bond donors (Lipinski definition) is 0. The smallest absolute Gasteiger partial charge is 0.254 e. The van der Waals surface area contributed by atoms with E-state index in [0.29, 0.717) is 50.9 Å². The summed E-state index contributed by atoms with van der Waals surface area (Å²) < 4.78 is 25.2. The van der Waals surface area contributed by atoms with E-state index in [2.05, 4.69) is 4.90 Å². The fourth-order valence-electron chi connectivity index (χ4n) is 6.82. The molecule has 3 aromatic rings. The van der Waals surface area contributed by atoms with E-state index in [9.17, 15) is 18.0 Å². The molecular formula is C34H41N5O4S. The number of carbonyl (C=O) groups is 2. The Morgan fingerprint density at radius 3 is 1.84 bits per heavy atom. The average molecular weight is 616 g/mol. The third-order valence-corrected chi connectivity index (χ3v) is 10.6. The maximum absolute atomic E-state index is 13.8. The fourth-order valence-corrected chi connectivity index (χ4v) is 7.65. The SMILES string of the molecule is CS(=O)(=O)N1CCN(C(=O)[C@@H]2CCCN(C3CCN(C(=O)c4cc(-c5ccccc5)nc(-c5ccccc5)c4)CC3)C2)CC1. The van der Waals surface area contributed by atoms with Gasteiger partial charge >= 0.3 is 0 Å². The van der Waals surface area contributed by atoms with Gasteiger partial charge in [-0.25, -0.2) is 13.4 Å². The van der Waals surface area contributed by atoms with Crippen LogP contribution in [0.15, 0.2) is 72.8 Å². The molecule has 2 amide bonds. The normalized spacial score (nSPS) is 20.9. The third kappa shape index (κ3) is 6.87. The Kier molecular flexibility index (Phi) is 9.11. The first-order valence-corrected chi connectivity index (χ1v) is 17.5. The molecule has 3 saturated heterocycles. The molecule has 6 rings (SSSR count). The molecular weight excluding hydrogens is 574 g/mol. The Bertz CT molecular complexity index is 1510. The number of carbonyl (C=O) groups excluding carboxylic acids is 2. The van der Waals surface area contributed by atoms with Crippen molar-refractivity contribution >= 4 is 21.8 Å². The molecule has 232 valence electrons. The van der Waals surface area contributed by atoms with Crippen molar-refractivity contribution in [3.63, 3.8) is 0 Å². The van der Waals surface area contributed by atoms with Crippen molar-refractivity contribution in [2.45, 2.75) is 31.7 Å². The second-order valence-corrected chi connectivity index (χ2v) is 14.2. The maximum Gasteiger partial charge on any atom is 0.254 e.